The average molecular weight is 506 g/mol. The van der Waals surface area contributed by atoms with Crippen LogP contribution in [0.1, 0.15) is 35.2 Å². The van der Waals surface area contributed by atoms with Gasteiger partial charge in [0.25, 0.3) is 11.7 Å². The van der Waals surface area contributed by atoms with Crippen molar-refractivity contribution in [3.63, 3.8) is 0 Å². The molecule has 0 radical (unpaired) electrons. The minimum absolute atomic E-state index is 0.0316. The van der Waals surface area contributed by atoms with Gasteiger partial charge in [0.1, 0.15) is 17.3 Å². The van der Waals surface area contributed by atoms with E-state index in [1.807, 2.05) is 6.92 Å². The average Bonchev–Trinajstić information content (AvgIpc) is 3.14. The highest BCUT2D eigenvalue weighted by molar-refractivity contribution is 6.46. The second-order valence-corrected chi connectivity index (χ2v) is 8.58. The zero-order valence-corrected chi connectivity index (χ0v) is 21.1. The summed E-state index contributed by atoms with van der Waals surface area (Å²) in [6.07, 6.45) is 0. The summed E-state index contributed by atoms with van der Waals surface area (Å²) in [6.45, 7) is 4.02. The quantitative estimate of drug-likeness (QED) is 0.258. The fraction of sp³-hybridized carbons (Fsp3) is 0.241. The highest BCUT2D eigenvalue weighted by atomic mass is 19.1. The topological polar surface area (TPSA) is 85.3 Å². The van der Waals surface area contributed by atoms with Crippen LogP contribution < -0.4 is 14.2 Å². The number of carbonyl (C=O) groups is 2. The van der Waals surface area contributed by atoms with E-state index in [1.165, 1.54) is 31.3 Å². The number of halogens is 1. The zero-order chi connectivity index (χ0) is 26.7. The van der Waals surface area contributed by atoms with E-state index in [9.17, 15) is 19.1 Å². The number of likely N-dealkylation sites (tertiary alicyclic amines) is 1. The summed E-state index contributed by atoms with van der Waals surface area (Å²) in [5.41, 5.74) is 2.22. The Morgan fingerprint density at radius 3 is 2.32 bits per heavy atom. The molecule has 1 fully saturated rings. The molecule has 3 aromatic carbocycles. The van der Waals surface area contributed by atoms with Gasteiger partial charge in [0.05, 0.1) is 32.4 Å². The molecule has 1 aliphatic heterocycles. The van der Waals surface area contributed by atoms with Crippen LogP contribution in [0.3, 0.4) is 0 Å². The molecule has 7 nitrogen and oxygen atoms in total. The van der Waals surface area contributed by atoms with E-state index in [4.69, 9.17) is 14.2 Å². The Hall–Kier alpha value is -4.33. The number of carbonyl (C=O) groups excluding carboxylic acids is 2. The van der Waals surface area contributed by atoms with Gasteiger partial charge < -0.3 is 24.2 Å². The van der Waals surface area contributed by atoms with Crippen molar-refractivity contribution in [3.05, 3.63) is 94.3 Å². The number of benzene rings is 3. The summed E-state index contributed by atoms with van der Waals surface area (Å²) >= 11 is 0. The molecule has 0 saturated carbocycles. The van der Waals surface area contributed by atoms with E-state index in [0.29, 0.717) is 46.1 Å². The Morgan fingerprint density at radius 1 is 0.973 bits per heavy atom. The molecule has 0 aliphatic carbocycles. The zero-order valence-electron chi connectivity index (χ0n) is 21.1. The number of aliphatic hydroxyl groups excluding tert-OH is 1. The maximum absolute atomic E-state index is 13.5. The molecule has 1 N–H and O–H groups in total. The smallest absolute Gasteiger partial charge is 0.295 e. The Bertz CT molecular complexity index is 1370. The standard InChI is InChI=1S/C29H28FNO6/c1-5-37-24-15-19(8-13-23(24)36-4)26-25(27(32)22-12-11-21(35-3)14-17(22)2)28(33)29(34)31(26)16-18-6-9-20(30)10-7-18/h6-15,26,32H,5,16H2,1-4H3/b27-25+. The Kier molecular flexibility index (Phi) is 7.47. The van der Waals surface area contributed by atoms with E-state index in [-0.39, 0.29) is 17.9 Å². The lowest BCUT2D eigenvalue weighted by Crippen LogP contribution is -2.29. The highest BCUT2D eigenvalue weighted by Crippen LogP contribution is 2.43. The van der Waals surface area contributed by atoms with Crippen molar-refractivity contribution in [3.8, 4) is 17.2 Å². The monoisotopic (exact) mass is 505 g/mol. The predicted molar refractivity (Wildman–Crippen MR) is 136 cm³/mol. The molecule has 192 valence electrons. The van der Waals surface area contributed by atoms with Crippen LogP contribution in [0.5, 0.6) is 17.2 Å². The molecule has 1 unspecified atom stereocenters. The number of Topliss-reactive ketones (excluding diaryl/α,β-unsaturated/α-hetero) is 1. The number of aliphatic hydroxyl groups is 1. The fourth-order valence-electron chi connectivity index (χ4n) is 4.48. The van der Waals surface area contributed by atoms with Gasteiger partial charge in [-0.25, -0.2) is 4.39 Å². The van der Waals surface area contributed by atoms with Gasteiger partial charge in [0, 0.05) is 12.1 Å². The van der Waals surface area contributed by atoms with Crippen LogP contribution in [-0.2, 0) is 16.1 Å². The molecule has 1 heterocycles. The Labute approximate surface area is 214 Å². The van der Waals surface area contributed by atoms with Crippen molar-refractivity contribution in [1.82, 2.24) is 4.90 Å². The number of ketones is 1. The van der Waals surface area contributed by atoms with E-state index >= 15 is 0 Å². The lowest BCUT2D eigenvalue weighted by atomic mass is 9.93. The molecule has 1 aliphatic rings. The van der Waals surface area contributed by atoms with E-state index < -0.39 is 23.5 Å². The van der Waals surface area contributed by atoms with Crippen molar-refractivity contribution in [2.24, 2.45) is 0 Å². The van der Waals surface area contributed by atoms with E-state index in [2.05, 4.69) is 0 Å². The highest BCUT2D eigenvalue weighted by Gasteiger charge is 2.46. The summed E-state index contributed by atoms with van der Waals surface area (Å²) in [5.74, 6) is -0.751. The lowest BCUT2D eigenvalue weighted by Gasteiger charge is -2.26. The fourth-order valence-corrected chi connectivity index (χ4v) is 4.48. The Balaban J connectivity index is 1.90. The molecule has 0 bridgehead atoms. The van der Waals surface area contributed by atoms with Gasteiger partial charge >= 0.3 is 0 Å². The van der Waals surface area contributed by atoms with Crippen LogP contribution in [0.15, 0.2) is 66.2 Å². The molecule has 37 heavy (non-hydrogen) atoms. The number of nitrogens with zero attached hydrogens (tertiary/aromatic N) is 1. The van der Waals surface area contributed by atoms with Gasteiger partial charge in [-0.1, -0.05) is 18.2 Å². The van der Waals surface area contributed by atoms with Crippen LogP contribution in [-0.4, -0.2) is 42.5 Å². The summed E-state index contributed by atoms with van der Waals surface area (Å²) in [7, 11) is 3.06. The number of ether oxygens (including phenoxy) is 3. The van der Waals surface area contributed by atoms with Gasteiger partial charge in [0.15, 0.2) is 11.5 Å². The normalized spacial score (nSPS) is 16.7. The first-order chi connectivity index (χ1) is 17.8. The lowest BCUT2D eigenvalue weighted by molar-refractivity contribution is -0.140. The first-order valence-electron chi connectivity index (χ1n) is 11.8. The van der Waals surface area contributed by atoms with Gasteiger partial charge in [-0.15, -0.1) is 0 Å². The molecule has 8 heteroatoms. The maximum Gasteiger partial charge on any atom is 0.295 e. The van der Waals surface area contributed by atoms with Crippen LogP contribution in [0.25, 0.3) is 5.76 Å². The molecule has 1 amide bonds. The van der Waals surface area contributed by atoms with E-state index in [1.54, 1.807) is 55.5 Å². The number of hydrogen-bond donors (Lipinski definition) is 1. The molecule has 4 rings (SSSR count). The molecule has 1 saturated heterocycles. The minimum atomic E-state index is -0.920. The second kappa shape index (κ2) is 10.7. The van der Waals surface area contributed by atoms with E-state index in [0.717, 1.165) is 0 Å². The first-order valence-corrected chi connectivity index (χ1v) is 11.8. The molecule has 0 aromatic heterocycles. The first kappa shape index (κ1) is 25.8. The summed E-state index contributed by atoms with van der Waals surface area (Å²) in [6, 6.07) is 14.9. The van der Waals surface area contributed by atoms with Crippen molar-refractivity contribution in [2.75, 3.05) is 20.8 Å². The molecule has 0 spiro atoms. The summed E-state index contributed by atoms with van der Waals surface area (Å²) in [4.78, 5) is 28.1. The van der Waals surface area contributed by atoms with Gasteiger partial charge in [-0.05, 0) is 73.0 Å². The maximum atomic E-state index is 13.5. The van der Waals surface area contributed by atoms with Crippen LogP contribution in [0.2, 0.25) is 0 Å². The largest absolute Gasteiger partial charge is 0.507 e. The third-order valence-electron chi connectivity index (χ3n) is 6.30. The minimum Gasteiger partial charge on any atom is -0.507 e. The number of methoxy groups -OCH3 is 2. The van der Waals surface area contributed by atoms with Gasteiger partial charge in [0.2, 0.25) is 0 Å². The third-order valence-corrected chi connectivity index (χ3v) is 6.30. The van der Waals surface area contributed by atoms with Crippen molar-refractivity contribution in [2.45, 2.75) is 26.4 Å². The Morgan fingerprint density at radius 2 is 1.70 bits per heavy atom. The number of hydrogen-bond acceptors (Lipinski definition) is 6. The SMILES string of the molecule is CCOc1cc(C2/C(=C(\O)c3ccc(OC)cc3C)C(=O)C(=O)N2Cc2ccc(F)cc2)ccc1OC. The van der Waals surface area contributed by atoms with Crippen LogP contribution in [0.4, 0.5) is 4.39 Å². The predicted octanol–water partition coefficient (Wildman–Crippen LogP) is 5.17. The number of rotatable bonds is 8. The molecular weight excluding hydrogens is 477 g/mol. The number of amides is 1. The molecule has 3 aromatic rings. The third kappa shape index (κ3) is 5.00. The van der Waals surface area contributed by atoms with Gasteiger partial charge in [-0.3, -0.25) is 9.59 Å². The number of aryl methyl sites for hydroxylation is 1. The van der Waals surface area contributed by atoms with Gasteiger partial charge in [-0.2, -0.15) is 0 Å². The molecule has 1 atom stereocenters. The molecular formula is C29H28FNO6. The second-order valence-electron chi connectivity index (χ2n) is 8.58. The summed E-state index contributed by atoms with van der Waals surface area (Å²) < 4.78 is 29.9. The van der Waals surface area contributed by atoms with Crippen LogP contribution in [0, 0.1) is 12.7 Å². The van der Waals surface area contributed by atoms with Crippen LogP contribution >= 0.6 is 0 Å². The summed E-state index contributed by atoms with van der Waals surface area (Å²) in [5, 5.41) is 11.4. The van der Waals surface area contributed by atoms with Crippen molar-refractivity contribution < 1.29 is 33.3 Å². The van der Waals surface area contributed by atoms with Crippen molar-refractivity contribution in [1.29, 1.82) is 0 Å². The van der Waals surface area contributed by atoms with Crippen molar-refractivity contribution >= 4 is 17.4 Å².